The van der Waals surface area contributed by atoms with Crippen LogP contribution in [-0.2, 0) is 11.3 Å². The smallest absolute Gasteiger partial charge is 0.337 e. The van der Waals surface area contributed by atoms with Crippen LogP contribution >= 0.6 is 0 Å². The summed E-state index contributed by atoms with van der Waals surface area (Å²) in [6.07, 6.45) is 0. The van der Waals surface area contributed by atoms with Gasteiger partial charge in [-0.3, -0.25) is 0 Å². The van der Waals surface area contributed by atoms with Gasteiger partial charge in [0, 0.05) is 11.1 Å². The van der Waals surface area contributed by atoms with Gasteiger partial charge in [0.1, 0.15) is 12.4 Å². The highest BCUT2D eigenvalue weighted by atomic mass is 16.5. The van der Waals surface area contributed by atoms with E-state index in [-0.39, 0.29) is 6.61 Å². The lowest BCUT2D eigenvalue weighted by Gasteiger charge is -2.13. The van der Waals surface area contributed by atoms with E-state index in [0.717, 1.165) is 22.2 Å². The SMILES string of the molecule is CCOc1cc(-c2nc3ccc(C(=O)OC)cc3[nH]2)ccc1OCc1ccccc1C#N. The van der Waals surface area contributed by atoms with Crippen LogP contribution in [0.25, 0.3) is 22.4 Å². The fraction of sp³-hybridized carbons (Fsp3) is 0.160. The summed E-state index contributed by atoms with van der Waals surface area (Å²) in [5.41, 5.74) is 4.12. The molecule has 4 rings (SSSR count). The molecular weight excluding hydrogens is 406 g/mol. The second-order valence-electron chi connectivity index (χ2n) is 6.96. The van der Waals surface area contributed by atoms with Crippen molar-refractivity contribution in [2.75, 3.05) is 13.7 Å². The number of methoxy groups -OCH3 is 1. The molecule has 7 heteroatoms. The van der Waals surface area contributed by atoms with Gasteiger partial charge in [-0.25, -0.2) is 9.78 Å². The first-order chi connectivity index (χ1) is 15.6. The first-order valence-corrected chi connectivity index (χ1v) is 10.1. The lowest BCUT2D eigenvalue weighted by Crippen LogP contribution is -2.01. The largest absolute Gasteiger partial charge is 0.490 e. The standard InChI is InChI=1S/C25H21N3O4/c1-3-31-23-13-16(9-11-22(23)32-15-19-7-5-4-6-18(19)14-26)24-27-20-10-8-17(25(29)30-2)12-21(20)28-24/h4-13H,3,15H2,1-2H3,(H,27,28). The first-order valence-electron chi connectivity index (χ1n) is 10.1. The van der Waals surface area contributed by atoms with E-state index in [1.807, 2.05) is 43.3 Å². The highest BCUT2D eigenvalue weighted by Crippen LogP contribution is 2.33. The molecule has 0 saturated carbocycles. The van der Waals surface area contributed by atoms with Crippen molar-refractivity contribution in [2.24, 2.45) is 0 Å². The number of carbonyl (C=O) groups is 1. The van der Waals surface area contributed by atoms with Crippen LogP contribution in [0.5, 0.6) is 11.5 Å². The topological polar surface area (TPSA) is 97.2 Å². The molecule has 0 unspecified atom stereocenters. The van der Waals surface area contributed by atoms with E-state index in [4.69, 9.17) is 14.2 Å². The molecule has 0 aliphatic heterocycles. The Kier molecular flexibility index (Phi) is 6.04. The molecule has 0 radical (unpaired) electrons. The zero-order chi connectivity index (χ0) is 22.5. The van der Waals surface area contributed by atoms with Crippen molar-refractivity contribution in [2.45, 2.75) is 13.5 Å². The summed E-state index contributed by atoms with van der Waals surface area (Å²) >= 11 is 0. The average molecular weight is 427 g/mol. The Morgan fingerprint density at radius 1 is 1.06 bits per heavy atom. The molecule has 1 heterocycles. The van der Waals surface area contributed by atoms with Crippen molar-refractivity contribution in [3.63, 3.8) is 0 Å². The van der Waals surface area contributed by atoms with E-state index in [2.05, 4.69) is 16.0 Å². The number of nitriles is 1. The molecule has 0 amide bonds. The summed E-state index contributed by atoms with van der Waals surface area (Å²) in [6.45, 7) is 2.62. The summed E-state index contributed by atoms with van der Waals surface area (Å²) in [4.78, 5) is 19.6. The van der Waals surface area contributed by atoms with E-state index in [1.54, 1.807) is 24.3 Å². The predicted molar refractivity (Wildman–Crippen MR) is 120 cm³/mol. The van der Waals surface area contributed by atoms with E-state index in [1.165, 1.54) is 7.11 Å². The van der Waals surface area contributed by atoms with Crippen molar-refractivity contribution < 1.29 is 19.0 Å². The highest BCUT2D eigenvalue weighted by Gasteiger charge is 2.13. The van der Waals surface area contributed by atoms with Crippen molar-refractivity contribution in [3.8, 4) is 29.0 Å². The monoisotopic (exact) mass is 427 g/mol. The molecule has 1 aromatic heterocycles. The third-order valence-electron chi connectivity index (χ3n) is 4.94. The second kappa shape index (κ2) is 9.23. The van der Waals surface area contributed by atoms with Gasteiger partial charge in [-0.2, -0.15) is 5.26 Å². The zero-order valence-corrected chi connectivity index (χ0v) is 17.7. The molecule has 7 nitrogen and oxygen atoms in total. The molecule has 0 fully saturated rings. The van der Waals surface area contributed by atoms with E-state index < -0.39 is 5.97 Å². The predicted octanol–water partition coefficient (Wildman–Crippen LogP) is 4.87. The molecule has 0 aliphatic carbocycles. The quantitative estimate of drug-likeness (QED) is 0.423. The van der Waals surface area contributed by atoms with Gasteiger partial charge in [-0.15, -0.1) is 0 Å². The van der Waals surface area contributed by atoms with Gasteiger partial charge in [0.05, 0.1) is 41.9 Å². The van der Waals surface area contributed by atoms with Crippen molar-refractivity contribution >= 4 is 17.0 Å². The minimum absolute atomic E-state index is 0.254. The van der Waals surface area contributed by atoms with Gasteiger partial charge in [-0.1, -0.05) is 18.2 Å². The number of ether oxygens (including phenoxy) is 3. The Labute approximate surface area is 185 Å². The second-order valence-corrected chi connectivity index (χ2v) is 6.96. The lowest BCUT2D eigenvalue weighted by molar-refractivity contribution is 0.0601. The van der Waals surface area contributed by atoms with Crippen molar-refractivity contribution in [1.29, 1.82) is 5.26 Å². The van der Waals surface area contributed by atoms with Crippen LogP contribution in [0.4, 0.5) is 0 Å². The molecule has 0 spiro atoms. The molecular formula is C25H21N3O4. The number of aromatic amines is 1. The van der Waals surface area contributed by atoms with E-state index in [9.17, 15) is 10.1 Å². The summed E-state index contributed by atoms with van der Waals surface area (Å²) in [6, 6.07) is 20.2. The van der Waals surface area contributed by atoms with E-state index in [0.29, 0.717) is 35.1 Å². The van der Waals surface area contributed by atoms with Crippen LogP contribution in [-0.4, -0.2) is 29.7 Å². The molecule has 3 aromatic carbocycles. The van der Waals surface area contributed by atoms with Gasteiger partial charge in [0.25, 0.3) is 0 Å². The number of carbonyl (C=O) groups excluding carboxylic acids is 1. The Balaban J connectivity index is 1.62. The Bertz CT molecular complexity index is 1320. The Hall–Kier alpha value is -4.31. The average Bonchev–Trinajstić information content (AvgIpc) is 3.26. The minimum Gasteiger partial charge on any atom is -0.490 e. The third kappa shape index (κ3) is 4.25. The molecule has 0 atom stereocenters. The fourth-order valence-electron chi connectivity index (χ4n) is 3.34. The Morgan fingerprint density at radius 2 is 1.91 bits per heavy atom. The molecule has 160 valence electrons. The maximum absolute atomic E-state index is 11.8. The number of hydrogen-bond acceptors (Lipinski definition) is 6. The van der Waals surface area contributed by atoms with E-state index >= 15 is 0 Å². The first kappa shape index (κ1) is 20.9. The van der Waals surface area contributed by atoms with Gasteiger partial charge in [0.15, 0.2) is 11.5 Å². The number of nitrogens with one attached hydrogen (secondary N) is 1. The zero-order valence-electron chi connectivity index (χ0n) is 17.7. The maximum atomic E-state index is 11.8. The summed E-state index contributed by atoms with van der Waals surface area (Å²) in [5, 5.41) is 9.27. The van der Waals surface area contributed by atoms with Gasteiger partial charge in [0.2, 0.25) is 0 Å². The normalized spacial score (nSPS) is 10.5. The van der Waals surface area contributed by atoms with Crippen LogP contribution in [0.1, 0.15) is 28.4 Å². The molecule has 1 N–H and O–H groups in total. The fourth-order valence-corrected chi connectivity index (χ4v) is 3.34. The molecule has 0 bridgehead atoms. The van der Waals surface area contributed by atoms with Crippen molar-refractivity contribution in [1.82, 2.24) is 9.97 Å². The number of esters is 1. The minimum atomic E-state index is -0.402. The number of benzene rings is 3. The van der Waals surface area contributed by atoms with Crippen LogP contribution in [0.15, 0.2) is 60.7 Å². The number of H-pyrrole nitrogens is 1. The number of imidazole rings is 1. The lowest BCUT2D eigenvalue weighted by atomic mass is 10.1. The highest BCUT2D eigenvalue weighted by molar-refractivity contribution is 5.94. The summed E-state index contributed by atoms with van der Waals surface area (Å²) in [7, 11) is 1.35. The molecule has 0 aliphatic rings. The number of fused-ring (bicyclic) bond motifs is 1. The number of aromatic nitrogens is 2. The maximum Gasteiger partial charge on any atom is 0.337 e. The number of nitrogens with zero attached hydrogens (tertiary/aromatic N) is 2. The van der Waals surface area contributed by atoms with Gasteiger partial charge < -0.3 is 19.2 Å². The summed E-state index contributed by atoms with van der Waals surface area (Å²) in [5.74, 6) is 1.40. The van der Waals surface area contributed by atoms with Gasteiger partial charge >= 0.3 is 5.97 Å². The number of hydrogen-bond donors (Lipinski definition) is 1. The van der Waals surface area contributed by atoms with Crippen LogP contribution in [0, 0.1) is 11.3 Å². The van der Waals surface area contributed by atoms with Gasteiger partial charge in [-0.05, 0) is 49.4 Å². The Morgan fingerprint density at radius 3 is 2.69 bits per heavy atom. The van der Waals surface area contributed by atoms with Crippen molar-refractivity contribution in [3.05, 3.63) is 77.4 Å². The summed E-state index contributed by atoms with van der Waals surface area (Å²) < 4.78 is 16.5. The van der Waals surface area contributed by atoms with Crippen LogP contribution in [0.2, 0.25) is 0 Å². The van der Waals surface area contributed by atoms with Crippen LogP contribution < -0.4 is 9.47 Å². The third-order valence-corrected chi connectivity index (χ3v) is 4.94. The molecule has 0 saturated heterocycles. The molecule has 32 heavy (non-hydrogen) atoms. The number of rotatable bonds is 7. The van der Waals surface area contributed by atoms with Crippen LogP contribution in [0.3, 0.4) is 0 Å². The molecule has 4 aromatic rings.